The molecule has 2 heteroatoms. The maximum atomic E-state index is 11.4. The molecule has 1 fully saturated rings. The molecule has 1 aliphatic rings. The second kappa shape index (κ2) is 2.68. The van der Waals surface area contributed by atoms with E-state index in [9.17, 15) is 4.79 Å². The van der Waals surface area contributed by atoms with Gasteiger partial charge in [0, 0.05) is 11.0 Å². The minimum Gasteiger partial charge on any atom is -0.515 e. The van der Waals surface area contributed by atoms with E-state index in [1.165, 1.54) is 0 Å². The Morgan fingerprint density at radius 2 is 2.18 bits per heavy atom. The Morgan fingerprint density at radius 1 is 1.55 bits per heavy atom. The van der Waals surface area contributed by atoms with Crippen LogP contribution in [0, 0.1) is 5.41 Å². The zero-order valence-corrected chi connectivity index (χ0v) is 7.05. The number of ketones is 1. The van der Waals surface area contributed by atoms with E-state index in [2.05, 4.69) is 0 Å². The highest BCUT2D eigenvalue weighted by atomic mass is 16.2. The van der Waals surface area contributed by atoms with Gasteiger partial charge in [-0.2, -0.15) is 0 Å². The van der Waals surface area contributed by atoms with E-state index in [0.717, 1.165) is 25.5 Å². The SMILES string of the molecule is CC1(C)CCC/C(=C/O)C1=O. The van der Waals surface area contributed by atoms with Crippen LogP contribution in [0.4, 0.5) is 0 Å². The summed E-state index contributed by atoms with van der Waals surface area (Å²) in [5, 5.41) is 8.71. The van der Waals surface area contributed by atoms with Gasteiger partial charge < -0.3 is 5.11 Å². The van der Waals surface area contributed by atoms with Crippen LogP contribution in [-0.4, -0.2) is 10.9 Å². The number of carbonyl (C=O) groups excluding carboxylic acids is 1. The number of hydrogen-bond acceptors (Lipinski definition) is 2. The highest BCUT2D eigenvalue weighted by molar-refractivity contribution is 5.99. The van der Waals surface area contributed by atoms with Crippen molar-refractivity contribution < 1.29 is 9.90 Å². The fourth-order valence-corrected chi connectivity index (χ4v) is 1.51. The molecule has 1 N–H and O–H groups in total. The second-order valence-electron chi connectivity index (χ2n) is 3.72. The van der Waals surface area contributed by atoms with Crippen molar-refractivity contribution in [1.82, 2.24) is 0 Å². The van der Waals surface area contributed by atoms with Gasteiger partial charge in [-0.3, -0.25) is 4.79 Å². The molecule has 0 aliphatic heterocycles. The van der Waals surface area contributed by atoms with Gasteiger partial charge in [0.15, 0.2) is 5.78 Å². The molecule has 1 rings (SSSR count). The van der Waals surface area contributed by atoms with Crippen molar-refractivity contribution in [2.45, 2.75) is 33.1 Å². The number of allylic oxidation sites excluding steroid dienone is 1. The summed E-state index contributed by atoms with van der Waals surface area (Å²) in [6.45, 7) is 3.86. The van der Waals surface area contributed by atoms with Crippen LogP contribution in [0.15, 0.2) is 11.8 Å². The first kappa shape index (κ1) is 8.31. The van der Waals surface area contributed by atoms with Gasteiger partial charge in [0.25, 0.3) is 0 Å². The molecule has 11 heavy (non-hydrogen) atoms. The summed E-state index contributed by atoms with van der Waals surface area (Å²) < 4.78 is 0. The van der Waals surface area contributed by atoms with E-state index < -0.39 is 0 Å². The van der Waals surface area contributed by atoms with Crippen LogP contribution in [-0.2, 0) is 4.79 Å². The smallest absolute Gasteiger partial charge is 0.167 e. The van der Waals surface area contributed by atoms with Crippen molar-refractivity contribution >= 4 is 5.78 Å². The number of aliphatic hydroxyl groups is 1. The maximum Gasteiger partial charge on any atom is 0.167 e. The molecule has 0 atom stereocenters. The van der Waals surface area contributed by atoms with E-state index >= 15 is 0 Å². The third kappa shape index (κ3) is 1.44. The lowest BCUT2D eigenvalue weighted by atomic mass is 9.74. The van der Waals surface area contributed by atoms with Crippen LogP contribution >= 0.6 is 0 Å². The molecular weight excluding hydrogens is 140 g/mol. The fourth-order valence-electron chi connectivity index (χ4n) is 1.51. The van der Waals surface area contributed by atoms with Crippen LogP contribution < -0.4 is 0 Å². The minimum absolute atomic E-state index is 0.103. The summed E-state index contributed by atoms with van der Waals surface area (Å²) in [5.74, 6) is 0.103. The predicted octanol–water partition coefficient (Wildman–Crippen LogP) is 2.21. The van der Waals surface area contributed by atoms with Gasteiger partial charge in [0.05, 0.1) is 6.26 Å². The highest BCUT2D eigenvalue weighted by Gasteiger charge is 2.33. The van der Waals surface area contributed by atoms with Crippen molar-refractivity contribution in [3.8, 4) is 0 Å². The van der Waals surface area contributed by atoms with E-state index in [0.29, 0.717) is 5.57 Å². The van der Waals surface area contributed by atoms with Gasteiger partial charge >= 0.3 is 0 Å². The molecule has 0 aromatic heterocycles. The monoisotopic (exact) mass is 154 g/mol. The quantitative estimate of drug-likeness (QED) is 0.429. The summed E-state index contributed by atoms with van der Waals surface area (Å²) in [7, 11) is 0. The lowest BCUT2D eigenvalue weighted by Crippen LogP contribution is -2.29. The average molecular weight is 154 g/mol. The summed E-state index contributed by atoms with van der Waals surface area (Å²) in [5.41, 5.74) is 0.327. The van der Waals surface area contributed by atoms with Crippen LogP contribution in [0.2, 0.25) is 0 Å². The van der Waals surface area contributed by atoms with Crippen molar-refractivity contribution in [1.29, 1.82) is 0 Å². The molecule has 0 amide bonds. The van der Waals surface area contributed by atoms with E-state index in [4.69, 9.17) is 5.11 Å². The molecular formula is C9H14O2. The first-order chi connectivity index (χ1) is 5.08. The third-order valence-electron chi connectivity index (χ3n) is 2.31. The third-order valence-corrected chi connectivity index (χ3v) is 2.31. The molecule has 0 unspecified atom stereocenters. The zero-order chi connectivity index (χ0) is 8.48. The first-order valence-electron chi connectivity index (χ1n) is 3.96. The van der Waals surface area contributed by atoms with Crippen LogP contribution in [0.5, 0.6) is 0 Å². The molecule has 0 heterocycles. The molecule has 2 nitrogen and oxygen atoms in total. The topological polar surface area (TPSA) is 37.3 Å². The Hall–Kier alpha value is -0.790. The standard InChI is InChI=1S/C9H14O2/c1-9(2)5-3-4-7(6-10)8(9)11/h6,10H,3-5H2,1-2H3/b7-6-. The van der Waals surface area contributed by atoms with Gasteiger partial charge in [-0.1, -0.05) is 13.8 Å². The molecule has 0 spiro atoms. The van der Waals surface area contributed by atoms with Crippen molar-refractivity contribution in [2.24, 2.45) is 5.41 Å². The largest absolute Gasteiger partial charge is 0.515 e. The van der Waals surface area contributed by atoms with Gasteiger partial charge in [-0.15, -0.1) is 0 Å². The highest BCUT2D eigenvalue weighted by Crippen LogP contribution is 2.34. The second-order valence-corrected chi connectivity index (χ2v) is 3.72. The Kier molecular flexibility index (Phi) is 2.03. The molecule has 0 aromatic rings. The molecule has 0 saturated heterocycles. The van der Waals surface area contributed by atoms with E-state index in [1.54, 1.807) is 0 Å². The van der Waals surface area contributed by atoms with Crippen LogP contribution in [0.3, 0.4) is 0 Å². The Labute approximate surface area is 66.9 Å². The van der Waals surface area contributed by atoms with Crippen molar-refractivity contribution in [3.05, 3.63) is 11.8 Å². The first-order valence-corrected chi connectivity index (χ1v) is 3.96. The molecule has 0 aromatic carbocycles. The summed E-state index contributed by atoms with van der Waals surface area (Å²) >= 11 is 0. The number of rotatable bonds is 0. The van der Waals surface area contributed by atoms with Gasteiger partial charge in [0.1, 0.15) is 0 Å². The van der Waals surface area contributed by atoms with Gasteiger partial charge in [-0.05, 0) is 19.3 Å². The lowest BCUT2D eigenvalue weighted by Gasteiger charge is -2.28. The molecule has 62 valence electrons. The van der Waals surface area contributed by atoms with Gasteiger partial charge in [-0.25, -0.2) is 0 Å². The Bertz CT molecular complexity index is 202. The molecule has 1 aliphatic carbocycles. The Balaban J connectivity index is 2.85. The maximum absolute atomic E-state index is 11.4. The summed E-state index contributed by atoms with van der Waals surface area (Å²) in [6.07, 6.45) is 3.64. The van der Waals surface area contributed by atoms with Crippen molar-refractivity contribution in [2.75, 3.05) is 0 Å². The van der Waals surface area contributed by atoms with E-state index in [1.807, 2.05) is 13.8 Å². The molecule has 1 saturated carbocycles. The average Bonchev–Trinajstić information content (AvgIpc) is 1.95. The van der Waals surface area contributed by atoms with Crippen LogP contribution in [0.25, 0.3) is 0 Å². The van der Waals surface area contributed by atoms with Crippen LogP contribution in [0.1, 0.15) is 33.1 Å². The zero-order valence-electron chi connectivity index (χ0n) is 7.05. The summed E-state index contributed by atoms with van der Waals surface area (Å²) in [4.78, 5) is 11.4. The van der Waals surface area contributed by atoms with Gasteiger partial charge in [0.2, 0.25) is 0 Å². The Morgan fingerprint density at radius 3 is 2.64 bits per heavy atom. The molecule has 0 bridgehead atoms. The fraction of sp³-hybridized carbons (Fsp3) is 0.667. The molecule has 0 radical (unpaired) electrons. The summed E-state index contributed by atoms with van der Waals surface area (Å²) in [6, 6.07) is 0. The number of aliphatic hydroxyl groups excluding tert-OH is 1. The predicted molar refractivity (Wildman–Crippen MR) is 43.4 cm³/mol. The number of hydrogen-bond donors (Lipinski definition) is 1. The number of Topliss-reactive ketones (excluding diaryl/α,β-unsaturated/α-hetero) is 1. The lowest BCUT2D eigenvalue weighted by molar-refractivity contribution is -0.125. The number of carbonyl (C=O) groups is 1. The van der Waals surface area contributed by atoms with Crippen molar-refractivity contribution in [3.63, 3.8) is 0 Å². The normalized spacial score (nSPS) is 27.5. The minimum atomic E-state index is -0.257. The van der Waals surface area contributed by atoms with E-state index in [-0.39, 0.29) is 11.2 Å².